The molecule has 2 N–H and O–H groups in total. The SMILES string of the molecule is CCc1ccc(C(CN)N(C)C2CCN(CC)CC2)o1. The Kier molecular flexibility index (Phi) is 5.64. The maximum absolute atomic E-state index is 6.00. The summed E-state index contributed by atoms with van der Waals surface area (Å²) in [5, 5.41) is 0. The van der Waals surface area contributed by atoms with E-state index in [9.17, 15) is 0 Å². The van der Waals surface area contributed by atoms with Crippen molar-refractivity contribution in [2.24, 2.45) is 5.73 Å². The monoisotopic (exact) mass is 279 g/mol. The quantitative estimate of drug-likeness (QED) is 0.867. The summed E-state index contributed by atoms with van der Waals surface area (Å²) in [6, 6.07) is 4.98. The normalized spacial score (nSPS) is 19.6. The van der Waals surface area contributed by atoms with E-state index in [0.29, 0.717) is 12.6 Å². The fourth-order valence-electron chi connectivity index (χ4n) is 3.14. The zero-order valence-electron chi connectivity index (χ0n) is 13.1. The van der Waals surface area contributed by atoms with Gasteiger partial charge >= 0.3 is 0 Å². The number of nitrogens with two attached hydrogens (primary N) is 1. The Balaban J connectivity index is 2.00. The lowest BCUT2D eigenvalue weighted by atomic mass is 10.0. The predicted molar refractivity (Wildman–Crippen MR) is 82.8 cm³/mol. The van der Waals surface area contributed by atoms with Gasteiger partial charge in [-0.15, -0.1) is 0 Å². The molecule has 1 aliphatic heterocycles. The molecular formula is C16H29N3O. The number of piperidine rings is 1. The highest BCUT2D eigenvalue weighted by Gasteiger charge is 2.28. The first-order valence-electron chi connectivity index (χ1n) is 7.92. The average molecular weight is 279 g/mol. The molecule has 0 amide bonds. The molecule has 0 aromatic carbocycles. The number of hydrogen-bond acceptors (Lipinski definition) is 4. The van der Waals surface area contributed by atoms with E-state index >= 15 is 0 Å². The van der Waals surface area contributed by atoms with Crippen LogP contribution in [0.2, 0.25) is 0 Å². The number of likely N-dealkylation sites (N-methyl/N-ethyl adjacent to an activating group) is 1. The van der Waals surface area contributed by atoms with Crippen LogP contribution in [0.4, 0.5) is 0 Å². The number of aryl methyl sites for hydroxylation is 1. The molecule has 1 unspecified atom stereocenters. The molecule has 0 bridgehead atoms. The van der Waals surface area contributed by atoms with Crippen molar-refractivity contribution in [3.63, 3.8) is 0 Å². The number of hydrogen-bond donors (Lipinski definition) is 1. The fourth-order valence-corrected chi connectivity index (χ4v) is 3.14. The minimum atomic E-state index is 0.202. The van der Waals surface area contributed by atoms with Gasteiger partial charge in [-0.2, -0.15) is 0 Å². The molecule has 114 valence electrons. The summed E-state index contributed by atoms with van der Waals surface area (Å²) in [6.07, 6.45) is 3.39. The summed E-state index contributed by atoms with van der Waals surface area (Å²) in [7, 11) is 2.19. The molecule has 2 heterocycles. The van der Waals surface area contributed by atoms with Crippen LogP contribution in [-0.2, 0) is 6.42 Å². The van der Waals surface area contributed by atoms with E-state index in [1.54, 1.807) is 0 Å². The van der Waals surface area contributed by atoms with Crippen LogP contribution in [0.15, 0.2) is 16.5 Å². The molecule has 1 aliphatic rings. The third-order valence-electron chi connectivity index (χ3n) is 4.65. The second-order valence-corrected chi connectivity index (χ2v) is 5.74. The summed E-state index contributed by atoms with van der Waals surface area (Å²) >= 11 is 0. The first-order chi connectivity index (χ1) is 9.69. The van der Waals surface area contributed by atoms with Crippen LogP contribution in [0.3, 0.4) is 0 Å². The minimum Gasteiger partial charge on any atom is -0.464 e. The van der Waals surface area contributed by atoms with Crippen molar-refractivity contribution in [3.8, 4) is 0 Å². The molecule has 1 aromatic heterocycles. The van der Waals surface area contributed by atoms with Crippen molar-refractivity contribution in [2.45, 2.75) is 45.2 Å². The maximum Gasteiger partial charge on any atom is 0.122 e. The van der Waals surface area contributed by atoms with Gasteiger partial charge in [-0.3, -0.25) is 4.90 Å². The zero-order chi connectivity index (χ0) is 14.5. The van der Waals surface area contributed by atoms with E-state index in [1.165, 1.54) is 25.9 Å². The van der Waals surface area contributed by atoms with Crippen LogP contribution >= 0.6 is 0 Å². The first kappa shape index (κ1) is 15.5. The Morgan fingerprint density at radius 3 is 2.55 bits per heavy atom. The van der Waals surface area contributed by atoms with Crippen molar-refractivity contribution >= 4 is 0 Å². The van der Waals surface area contributed by atoms with Gasteiger partial charge in [0.25, 0.3) is 0 Å². The molecule has 0 saturated carbocycles. The molecular weight excluding hydrogens is 250 g/mol. The van der Waals surface area contributed by atoms with E-state index < -0.39 is 0 Å². The van der Waals surface area contributed by atoms with Crippen molar-refractivity contribution in [2.75, 3.05) is 33.2 Å². The lowest BCUT2D eigenvalue weighted by Crippen LogP contribution is -2.45. The Labute approximate surface area is 122 Å². The van der Waals surface area contributed by atoms with E-state index in [-0.39, 0.29) is 6.04 Å². The number of nitrogens with zero attached hydrogens (tertiary/aromatic N) is 2. The van der Waals surface area contributed by atoms with Crippen LogP contribution in [0, 0.1) is 0 Å². The van der Waals surface area contributed by atoms with Crippen LogP contribution in [0.25, 0.3) is 0 Å². The molecule has 4 heteroatoms. The fraction of sp³-hybridized carbons (Fsp3) is 0.750. The molecule has 0 spiro atoms. The second-order valence-electron chi connectivity index (χ2n) is 5.74. The van der Waals surface area contributed by atoms with Gasteiger partial charge in [-0.1, -0.05) is 13.8 Å². The third-order valence-corrected chi connectivity index (χ3v) is 4.65. The molecule has 0 radical (unpaired) electrons. The topological polar surface area (TPSA) is 45.6 Å². The highest BCUT2D eigenvalue weighted by Crippen LogP contribution is 2.26. The zero-order valence-corrected chi connectivity index (χ0v) is 13.1. The van der Waals surface area contributed by atoms with Gasteiger partial charge in [0.2, 0.25) is 0 Å². The van der Waals surface area contributed by atoms with Gasteiger partial charge in [0.15, 0.2) is 0 Å². The molecule has 20 heavy (non-hydrogen) atoms. The van der Waals surface area contributed by atoms with Crippen molar-refractivity contribution in [1.29, 1.82) is 0 Å². The molecule has 1 fully saturated rings. The first-order valence-corrected chi connectivity index (χ1v) is 7.92. The van der Waals surface area contributed by atoms with Gasteiger partial charge in [0.05, 0.1) is 6.04 Å². The molecule has 1 aromatic rings. The van der Waals surface area contributed by atoms with Crippen LogP contribution in [-0.4, -0.2) is 49.1 Å². The minimum absolute atomic E-state index is 0.202. The maximum atomic E-state index is 6.00. The standard InChI is InChI=1S/C16H29N3O/c1-4-14-6-7-16(20-14)15(12-17)18(3)13-8-10-19(5-2)11-9-13/h6-7,13,15H,4-5,8-12,17H2,1-3H3. The summed E-state index contributed by atoms with van der Waals surface area (Å²) in [4.78, 5) is 4.94. The van der Waals surface area contributed by atoms with Gasteiger partial charge in [0, 0.05) is 19.0 Å². The molecule has 2 rings (SSSR count). The lowest BCUT2D eigenvalue weighted by molar-refractivity contribution is 0.0917. The Bertz CT molecular complexity index is 396. The summed E-state index contributed by atoms with van der Waals surface area (Å²) in [5.74, 6) is 2.07. The van der Waals surface area contributed by atoms with Gasteiger partial charge in [0.1, 0.15) is 11.5 Å². The van der Waals surface area contributed by atoms with E-state index in [1.807, 2.05) is 0 Å². The van der Waals surface area contributed by atoms with Crippen LogP contribution < -0.4 is 5.73 Å². The number of likely N-dealkylation sites (tertiary alicyclic amines) is 1. The molecule has 4 nitrogen and oxygen atoms in total. The Morgan fingerprint density at radius 1 is 1.35 bits per heavy atom. The average Bonchev–Trinajstić information content (AvgIpc) is 2.96. The van der Waals surface area contributed by atoms with E-state index in [0.717, 1.165) is 24.5 Å². The van der Waals surface area contributed by atoms with Crippen molar-refractivity contribution in [3.05, 3.63) is 23.7 Å². The predicted octanol–water partition coefficient (Wildman–Crippen LogP) is 2.26. The highest BCUT2D eigenvalue weighted by atomic mass is 16.3. The smallest absolute Gasteiger partial charge is 0.122 e. The van der Waals surface area contributed by atoms with E-state index in [2.05, 4.69) is 42.8 Å². The number of furan rings is 1. The van der Waals surface area contributed by atoms with Crippen LogP contribution in [0.5, 0.6) is 0 Å². The largest absolute Gasteiger partial charge is 0.464 e. The van der Waals surface area contributed by atoms with Gasteiger partial charge in [-0.25, -0.2) is 0 Å². The molecule has 0 aliphatic carbocycles. The third kappa shape index (κ3) is 3.43. The van der Waals surface area contributed by atoms with Crippen LogP contribution in [0.1, 0.15) is 44.3 Å². The van der Waals surface area contributed by atoms with Gasteiger partial charge < -0.3 is 15.1 Å². The lowest BCUT2D eigenvalue weighted by Gasteiger charge is -2.39. The Hall–Kier alpha value is -0.840. The van der Waals surface area contributed by atoms with Gasteiger partial charge in [-0.05, 0) is 51.7 Å². The second kappa shape index (κ2) is 7.25. The van der Waals surface area contributed by atoms with Crippen molar-refractivity contribution < 1.29 is 4.42 Å². The summed E-state index contributed by atoms with van der Waals surface area (Å²) < 4.78 is 5.91. The van der Waals surface area contributed by atoms with Crippen molar-refractivity contribution in [1.82, 2.24) is 9.80 Å². The molecule has 1 saturated heterocycles. The molecule has 1 atom stereocenters. The Morgan fingerprint density at radius 2 is 2.05 bits per heavy atom. The van der Waals surface area contributed by atoms with E-state index in [4.69, 9.17) is 10.2 Å². The summed E-state index contributed by atoms with van der Waals surface area (Å²) in [5.41, 5.74) is 6.00. The number of rotatable bonds is 6. The summed E-state index contributed by atoms with van der Waals surface area (Å²) in [6.45, 7) is 8.52. The highest BCUT2D eigenvalue weighted by molar-refractivity contribution is 5.11.